The molecule has 2 aromatic heterocycles. The van der Waals surface area contributed by atoms with E-state index in [9.17, 15) is 8.42 Å². The number of pyridine rings is 1. The van der Waals surface area contributed by atoms with Gasteiger partial charge in [0, 0.05) is 17.7 Å². The summed E-state index contributed by atoms with van der Waals surface area (Å²) in [4.78, 5) is 12.7. The van der Waals surface area contributed by atoms with Gasteiger partial charge in [-0.3, -0.25) is 4.72 Å². The fourth-order valence-electron chi connectivity index (χ4n) is 1.68. The van der Waals surface area contributed by atoms with Gasteiger partial charge in [0.2, 0.25) is 15.9 Å². The Morgan fingerprint density at radius 2 is 1.95 bits per heavy atom. The van der Waals surface area contributed by atoms with Crippen LogP contribution in [0.4, 0.5) is 5.82 Å². The normalized spacial score (nSPS) is 11.5. The van der Waals surface area contributed by atoms with Crippen LogP contribution in [0.2, 0.25) is 0 Å². The Bertz CT molecular complexity index is 758. The van der Waals surface area contributed by atoms with Gasteiger partial charge in [0.1, 0.15) is 17.4 Å². The van der Waals surface area contributed by atoms with E-state index in [0.717, 1.165) is 11.9 Å². The lowest BCUT2D eigenvalue weighted by Gasteiger charge is -2.09. The van der Waals surface area contributed by atoms with Gasteiger partial charge in [-0.1, -0.05) is 13.8 Å². The molecule has 1 N–H and O–H groups in total. The maximum Gasteiger partial charge on any atom is 0.230 e. The second-order valence-electron chi connectivity index (χ2n) is 5.22. The second-order valence-corrected chi connectivity index (χ2v) is 6.96. The molecule has 0 saturated carbocycles. The van der Waals surface area contributed by atoms with Gasteiger partial charge in [0.25, 0.3) is 0 Å². The lowest BCUT2D eigenvalue weighted by Crippen LogP contribution is -2.10. The van der Waals surface area contributed by atoms with E-state index in [1.807, 2.05) is 20.8 Å². The minimum absolute atomic E-state index is 0.196. The van der Waals surface area contributed by atoms with Crippen molar-refractivity contribution < 1.29 is 13.2 Å². The molecule has 0 fully saturated rings. The predicted octanol–water partition coefficient (Wildman–Crippen LogP) is 2.47. The van der Waals surface area contributed by atoms with Crippen molar-refractivity contribution in [2.24, 2.45) is 0 Å². The summed E-state index contributed by atoms with van der Waals surface area (Å²) in [5, 5.41) is 0. The minimum atomic E-state index is -3.34. The van der Waals surface area contributed by atoms with Crippen LogP contribution in [0.1, 0.15) is 31.3 Å². The van der Waals surface area contributed by atoms with E-state index in [1.54, 1.807) is 12.1 Å². The molecule has 0 aromatic carbocycles. The molecule has 0 aliphatic carbocycles. The van der Waals surface area contributed by atoms with Crippen molar-refractivity contribution in [2.75, 3.05) is 11.0 Å². The number of rotatable bonds is 5. The zero-order chi connectivity index (χ0) is 16.3. The summed E-state index contributed by atoms with van der Waals surface area (Å²) in [5.74, 6) is 2.03. The number of ether oxygens (including phenoxy) is 1. The average Bonchev–Trinajstić information content (AvgIpc) is 2.38. The van der Waals surface area contributed by atoms with E-state index in [-0.39, 0.29) is 11.7 Å². The molecule has 0 unspecified atom stereocenters. The molecule has 0 saturated heterocycles. The van der Waals surface area contributed by atoms with Crippen LogP contribution in [-0.2, 0) is 10.0 Å². The van der Waals surface area contributed by atoms with Gasteiger partial charge < -0.3 is 4.74 Å². The zero-order valence-corrected chi connectivity index (χ0v) is 13.7. The number of nitrogens with zero attached hydrogens (tertiary/aromatic N) is 3. The average molecular weight is 322 g/mol. The monoisotopic (exact) mass is 322 g/mol. The Kier molecular flexibility index (Phi) is 4.60. The minimum Gasteiger partial charge on any atom is -0.437 e. The molecular formula is C14H18N4O3S. The Balaban J connectivity index is 2.17. The van der Waals surface area contributed by atoms with E-state index < -0.39 is 10.0 Å². The molecule has 7 nitrogen and oxygen atoms in total. The maximum absolute atomic E-state index is 11.1. The Morgan fingerprint density at radius 3 is 2.50 bits per heavy atom. The molecule has 2 heterocycles. The first-order valence-electron chi connectivity index (χ1n) is 6.70. The summed E-state index contributed by atoms with van der Waals surface area (Å²) in [5.41, 5.74) is 0.817. The lowest BCUT2D eigenvalue weighted by molar-refractivity contribution is 0.454. The highest BCUT2D eigenvalue weighted by Crippen LogP contribution is 2.22. The van der Waals surface area contributed by atoms with E-state index in [0.29, 0.717) is 17.5 Å². The van der Waals surface area contributed by atoms with Crippen molar-refractivity contribution in [1.82, 2.24) is 15.0 Å². The first-order valence-corrected chi connectivity index (χ1v) is 8.59. The van der Waals surface area contributed by atoms with Gasteiger partial charge in [-0.15, -0.1) is 0 Å². The van der Waals surface area contributed by atoms with Gasteiger partial charge in [-0.05, 0) is 19.1 Å². The fourth-order valence-corrected chi connectivity index (χ4v) is 2.18. The molecule has 0 spiro atoms. The predicted molar refractivity (Wildman–Crippen MR) is 83.6 cm³/mol. The summed E-state index contributed by atoms with van der Waals surface area (Å²) in [6.07, 6.45) is 2.50. The van der Waals surface area contributed by atoms with Gasteiger partial charge in [-0.25, -0.2) is 18.4 Å². The summed E-state index contributed by atoms with van der Waals surface area (Å²) >= 11 is 0. The number of anilines is 1. The van der Waals surface area contributed by atoms with E-state index in [2.05, 4.69) is 19.7 Å². The quantitative estimate of drug-likeness (QED) is 0.908. The van der Waals surface area contributed by atoms with E-state index >= 15 is 0 Å². The van der Waals surface area contributed by atoms with Crippen LogP contribution in [-0.4, -0.2) is 29.6 Å². The number of nitrogens with one attached hydrogen (secondary N) is 1. The fraction of sp³-hybridized carbons (Fsp3) is 0.357. The third kappa shape index (κ3) is 4.66. The van der Waals surface area contributed by atoms with Crippen LogP contribution in [0.5, 0.6) is 11.6 Å². The molecular weight excluding hydrogens is 304 g/mol. The van der Waals surface area contributed by atoms with Crippen molar-refractivity contribution in [1.29, 1.82) is 0 Å². The largest absolute Gasteiger partial charge is 0.437 e. The van der Waals surface area contributed by atoms with Crippen LogP contribution in [0.25, 0.3) is 0 Å². The molecule has 0 bridgehead atoms. The molecule has 22 heavy (non-hydrogen) atoms. The van der Waals surface area contributed by atoms with E-state index in [1.165, 1.54) is 12.3 Å². The summed E-state index contributed by atoms with van der Waals surface area (Å²) in [7, 11) is -3.34. The molecule has 8 heteroatoms. The van der Waals surface area contributed by atoms with Gasteiger partial charge in [0.15, 0.2) is 0 Å². The molecule has 2 aromatic rings. The third-order valence-corrected chi connectivity index (χ3v) is 3.19. The van der Waals surface area contributed by atoms with Crippen molar-refractivity contribution in [2.45, 2.75) is 26.7 Å². The molecule has 118 valence electrons. The number of sulfonamides is 1. The Morgan fingerprint density at radius 1 is 1.23 bits per heavy atom. The molecule has 0 atom stereocenters. The van der Waals surface area contributed by atoms with Crippen LogP contribution >= 0.6 is 0 Å². The highest BCUT2D eigenvalue weighted by Gasteiger charge is 2.08. The lowest BCUT2D eigenvalue weighted by atomic mass is 10.2. The van der Waals surface area contributed by atoms with E-state index in [4.69, 9.17) is 4.74 Å². The second kappa shape index (κ2) is 6.27. The van der Waals surface area contributed by atoms with Crippen molar-refractivity contribution in [3.8, 4) is 11.6 Å². The molecule has 0 radical (unpaired) electrons. The van der Waals surface area contributed by atoms with Gasteiger partial charge in [0.05, 0.1) is 12.5 Å². The number of hydrogen-bond acceptors (Lipinski definition) is 6. The highest BCUT2D eigenvalue weighted by atomic mass is 32.2. The van der Waals surface area contributed by atoms with Crippen molar-refractivity contribution in [3.63, 3.8) is 0 Å². The van der Waals surface area contributed by atoms with Gasteiger partial charge >= 0.3 is 0 Å². The molecule has 0 aliphatic rings. The topological polar surface area (TPSA) is 94.1 Å². The number of hydrogen-bond donors (Lipinski definition) is 1. The smallest absolute Gasteiger partial charge is 0.230 e. The Labute approximate surface area is 129 Å². The first-order chi connectivity index (χ1) is 10.2. The number of aromatic nitrogens is 3. The summed E-state index contributed by atoms with van der Waals surface area (Å²) in [6.45, 7) is 5.88. The Hall–Kier alpha value is -2.22. The standard InChI is InChI=1S/C14H18N4O3S/c1-9(2)14-16-10(3)7-13(17-14)21-11-5-6-12(15-8-11)18-22(4,19)20/h5-9H,1-4H3,(H,15,18). The summed E-state index contributed by atoms with van der Waals surface area (Å²) < 4.78 is 30.2. The van der Waals surface area contributed by atoms with Crippen LogP contribution in [0, 0.1) is 6.92 Å². The summed E-state index contributed by atoms with van der Waals surface area (Å²) in [6, 6.07) is 4.87. The maximum atomic E-state index is 11.1. The SMILES string of the molecule is Cc1cc(Oc2ccc(NS(C)(=O)=O)nc2)nc(C(C)C)n1. The van der Waals surface area contributed by atoms with Crippen LogP contribution in [0.3, 0.4) is 0 Å². The van der Waals surface area contributed by atoms with Crippen LogP contribution in [0.15, 0.2) is 24.4 Å². The zero-order valence-electron chi connectivity index (χ0n) is 12.9. The first kappa shape index (κ1) is 16.2. The number of aryl methyl sites for hydroxylation is 1. The van der Waals surface area contributed by atoms with Crippen molar-refractivity contribution >= 4 is 15.8 Å². The molecule has 0 amide bonds. The van der Waals surface area contributed by atoms with Gasteiger partial charge in [-0.2, -0.15) is 4.98 Å². The van der Waals surface area contributed by atoms with Crippen LogP contribution < -0.4 is 9.46 Å². The molecule has 2 rings (SSSR count). The highest BCUT2D eigenvalue weighted by molar-refractivity contribution is 7.92. The molecule has 0 aliphatic heterocycles. The van der Waals surface area contributed by atoms with Crippen molar-refractivity contribution in [3.05, 3.63) is 35.9 Å². The third-order valence-electron chi connectivity index (χ3n) is 2.61.